The summed E-state index contributed by atoms with van der Waals surface area (Å²) in [5, 5.41) is 11.2. The Morgan fingerprint density at radius 2 is 1.87 bits per heavy atom. The molecule has 0 aliphatic heterocycles. The summed E-state index contributed by atoms with van der Waals surface area (Å²) in [6, 6.07) is 10.2. The number of aromatic nitrogens is 3. The van der Waals surface area contributed by atoms with Crippen LogP contribution in [-0.2, 0) is 6.42 Å². The first-order chi connectivity index (χ1) is 10.7. The molecule has 0 saturated heterocycles. The molecule has 0 aliphatic rings. The Kier molecular flexibility index (Phi) is 5.52. The molecule has 0 amide bonds. The lowest BCUT2D eigenvalue weighted by Gasteiger charge is -2.04. The molecule has 122 valence electrons. The van der Waals surface area contributed by atoms with Gasteiger partial charge in [0.05, 0.1) is 0 Å². The molecule has 0 radical (unpaired) electrons. The lowest BCUT2D eigenvalue weighted by Crippen LogP contribution is -2.24. The highest BCUT2D eigenvalue weighted by atomic mass is 35.5. The van der Waals surface area contributed by atoms with Crippen molar-refractivity contribution in [3.05, 3.63) is 41.7 Å². The van der Waals surface area contributed by atoms with Gasteiger partial charge < -0.3 is 14.4 Å². The van der Waals surface area contributed by atoms with Crippen molar-refractivity contribution in [2.45, 2.75) is 26.3 Å². The van der Waals surface area contributed by atoms with E-state index in [0.29, 0.717) is 23.9 Å². The molecular weight excluding hydrogens is 316 g/mol. The van der Waals surface area contributed by atoms with Gasteiger partial charge in [0.2, 0.25) is 5.76 Å². The summed E-state index contributed by atoms with van der Waals surface area (Å²) < 4.78 is 10.6. The fourth-order valence-electron chi connectivity index (χ4n) is 2.05. The molecule has 23 heavy (non-hydrogen) atoms. The molecule has 2 aromatic heterocycles. The molecule has 7 heteroatoms. The Morgan fingerprint density at radius 3 is 2.57 bits per heavy atom. The summed E-state index contributed by atoms with van der Waals surface area (Å²) in [7, 11) is 1.90. The second-order valence-electron chi connectivity index (χ2n) is 5.35. The Labute approximate surface area is 140 Å². The van der Waals surface area contributed by atoms with Crippen molar-refractivity contribution < 1.29 is 9.05 Å². The van der Waals surface area contributed by atoms with Crippen LogP contribution in [0.1, 0.15) is 18.3 Å². The number of likely N-dealkylation sites (N-methyl/N-ethyl adjacent to an activating group) is 1. The van der Waals surface area contributed by atoms with E-state index in [1.165, 1.54) is 5.56 Å². The van der Waals surface area contributed by atoms with E-state index < -0.39 is 0 Å². The molecule has 0 spiro atoms. The lowest BCUT2D eigenvalue weighted by molar-refractivity contribution is 0.381. The van der Waals surface area contributed by atoms with E-state index >= 15 is 0 Å². The van der Waals surface area contributed by atoms with Gasteiger partial charge in [-0.15, -0.1) is 12.4 Å². The minimum absolute atomic E-state index is 0. The van der Waals surface area contributed by atoms with Crippen molar-refractivity contribution in [1.29, 1.82) is 0 Å². The second-order valence-corrected chi connectivity index (χ2v) is 5.35. The van der Waals surface area contributed by atoms with E-state index in [4.69, 9.17) is 9.05 Å². The zero-order valence-electron chi connectivity index (χ0n) is 13.2. The number of aryl methyl sites for hydroxylation is 1. The maximum atomic E-state index is 5.32. The largest absolute Gasteiger partial charge is 0.350 e. The van der Waals surface area contributed by atoms with Crippen LogP contribution < -0.4 is 5.32 Å². The van der Waals surface area contributed by atoms with Gasteiger partial charge in [-0.25, -0.2) is 0 Å². The van der Waals surface area contributed by atoms with Gasteiger partial charge in [0.25, 0.3) is 5.89 Å². The smallest absolute Gasteiger partial charge is 0.296 e. The van der Waals surface area contributed by atoms with E-state index in [-0.39, 0.29) is 18.4 Å². The topological polar surface area (TPSA) is 77.0 Å². The highest BCUT2D eigenvalue weighted by Crippen LogP contribution is 2.25. The lowest BCUT2D eigenvalue weighted by atomic mass is 10.1. The standard InChI is InChI=1S/C16H18N4O2.ClH/c1-10-4-6-12(7-5-10)13-9-14(21-19-13)16-18-15(20-22-16)8-11(2)17-3;/h4-7,9,11,17H,8H2,1-3H3;1H. The fraction of sp³-hybridized carbons (Fsp3) is 0.312. The predicted octanol–water partition coefficient (Wildman–Crippen LogP) is 3.27. The average Bonchev–Trinajstić information content (AvgIpc) is 3.17. The first-order valence-electron chi connectivity index (χ1n) is 7.19. The molecule has 0 fully saturated rings. The first-order valence-corrected chi connectivity index (χ1v) is 7.19. The van der Waals surface area contributed by atoms with E-state index in [9.17, 15) is 0 Å². The Balaban J connectivity index is 0.00000192. The van der Waals surface area contributed by atoms with Crippen LogP contribution in [0.2, 0.25) is 0 Å². The van der Waals surface area contributed by atoms with Gasteiger partial charge >= 0.3 is 0 Å². The number of benzene rings is 1. The van der Waals surface area contributed by atoms with Gasteiger partial charge in [-0.3, -0.25) is 0 Å². The van der Waals surface area contributed by atoms with Crippen molar-refractivity contribution in [2.75, 3.05) is 7.05 Å². The number of hydrogen-bond acceptors (Lipinski definition) is 6. The van der Waals surface area contributed by atoms with Crippen LogP contribution >= 0.6 is 12.4 Å². The van der Waals surface area contributed by atoms with Gasteiger partial charge in [-0.05, 0) is 20.9 Å². The third-order valence-electron chi connectivity index (χ3n) is 3.52. The third kappa shape index (κ3) is 3.97. The second kappa shape index (κ2) is 7.39. The van der Waals surface area contributed by atoms with Crippen LogP contribution in [0.4, 0.5) is 0 Å². The van der Waals surface area contributed by atoms with Gasteiger partial charge in [0, 0.05) is 24.1 Å². The molecule has 1 unspecified atom stereocenters. The van der Waals surface area contributed by atoms with Crippen molar-refractivity contribution in [2.24, 2.45) is 0 Å². The van der Waals surface area contributed by atoms with Gasteiger partial charge in [0.15, 0.2) is 5.82 Å². The number of hydrogen-bond donors (Lipinski definition) is 1. The molecule has 0 bridgehead atoms. The highest BCUT2D eigenvalue weighted by molar-refractivity contribution is 5.85. The molecular formula is C16H19ClN4O2. The number of nitrogens with zero attached hydrogens (tertiary/aromatic N) is 3. The zero-order chi connectivity index (χ0) is 15.5. The first kappa shape index (κ1) is 17.2. The van der Waals surface area contributed by atoms with Gasteiger partial charge in [0.1, 0.15) is 5.69 Å². The molecule has 0 saturated carbocycles. The van der Waals surface area contributed by atoms with Crippen molar-refractivity contribution in [1.82, 2.24) is 20.6 Å². The van der Waals surface area contributed by atoms with Crippen molar-refractivity contribution in [3.63, 3.8) is 0 Å². The maximum Gasteiger partial charge on any atom is 0.296 e. The van der Waals surface area contributed by atoms with Crippen molar-refractivity contribution in [3.8, 4) is 22.9 Å². The minimum atomic E-state index is 0. The van der Waals surface area contributed by atoms with Crippen LogP contribution in [0, 0.1) is 6.92 Å². The van der Waals surface area contributed by atoms with E-state index in [0.717, 1.165) is 11.3 Å². The summed E-state index contributed by atoms with van der Waals surface area (Å²) in [6.45, 7) is 4.10. The molecule has 0 aliphatic carbocycles. The van der Waals surface area contributed by atoms with Gasteiger partial charge in [-0.2, -0.15) is 4.98 Å². The summed E-state index contributed by atoms with van der Waals surface area (Å²) in [4.78, 5) is 4.34. The minimum Gasteiger partial charge on any atom is -0.350 e. The zero-order valence-corrected chi connectivity index (χ0v) is 14.1. The summed E-state index contributed by atoms with van der Waals surface area (Å²) in [5.41, 5.74) is 2.94. The normalized spacial score (nSPS) is 12.0. The summed E-state index contributed by atoms with van der Waals surface area (Å²) in [6.07, 6.45) is 0.693. The van der Waals surface area contributed by atoms with E-state index in [1.54, 1.807) is 0 Å². The molecule has 1 aromatic carbocycles. The SMILES string of the molecule is CNC(C)Cc1noc(-c2cc(-c3ccc(C)cc3)no2)n1.Cl. The Morgan fingerprint density at radius 1 is 1.13 bits per heavy atom. The molecule has 6 nitrogen and oxygen atoms in total. The third-order valence-corrected chi connectivity index (χ3v) is 3.52. The maximum absolute atomic E-state index is 5.32. The quantitative estimate of drug-likeness (QED) is 0.771. The molecule has 3 rings (SSSR count). The van der Waals surface area contributed by atoms with E-state index in [2.05, 4.69) is 27.5 Å². The number of halogens is 1. The Bertz CT molecular complexity index is 752. The fourth-order valence-corrected chi connectivity index (χ4v) is 2.05. The summed E-state index contributed by atoms with van der Waals surface area (Å²) in [5.74, 6) is 1.47. The molecule has 1 N–H and O–H groups in total. The van der Waals surface area contributed by atoms with Gasteiger partial charge in [-0.1, -0.05) is 40.1 Å². The Hall–Kier alpha value is -2.18. The van der Waals surface area contributed by atoms with Crippen LogP contribution in [0.5, 0.6) is 0 Å². The molecule has 2 heterocycles. The average molecular weight is 335 g/mol. The van der Waals surface area contributed by atoms with E-state index in [1.807, 2.05) is 44.3 Å². The highest BCUT2D eigenvalue weighted by Gasteiger charge is 2.16. The summed E-state index contributed by atoms with van der Waals surface area (Å²) >= 11 is 0. The number of nitrogens with one attached hydrogen (secondary N) is 1. The van der Waals surface area contributed by atoms with Crippen LogP contribution in [0.3, 0.4) is 0 Å². The monoisotopic (exact) mass is 334 g/mol. The molecule has 1 atom stereocenters. The van der Waals surface area contributed by atoms with Crippen LogP contribution in [-0.4, -0.2) is 28.4 Å². The van der Waals surface area contributed by atoms with Crippen LogP contribution in [0.25, 0.3) is 22.9 Å². The number of rotatable bonds is 5. The molecule has 3 aromatic rings. The predicted molar refractivity (Wildman–Crippen MR) is 89.4 cm³/mol. The van der Waals surface area contributed by atoms with Crippen LogP contribution in [0.15, 0.2) is 39.4 Å². The van der Waals surface area contributed by atoms with Crippen molar-refractivity contribution >= 4 is 12.4 Å².